The fourth-order valence-electron chi connectivity index (χ4n) is 4.62. The van der Waals surface area contributed by atoms with Gasteiger partial charge in [-0.15, -0.1) is 0 Å². The molecular formula is C29H23ClN6O3. The van der Waals surface area contributed by atoms with Gasteiger partial charge in [-0.2, -0.15) is 5.10 Å². The predicted octanol–water partition coefficient (Wildman–Crippen LogP) is 4.11. The van der Waals surface area contributed by atoms with E-state index in [1.54, 1.807) is 23.0 Å². The van der Waals surface area contributed by atoms with Gasteiger partial charge < -0.3 is 15.0 Å². The highest BCUT2D eigenvalue weighted by atomic mass is 35.5. The van der Waals surface area contributed by atoms with Gasteiger partial charge >= 0.3 is 6.03 Å². The number of hydrogen-bond donors (Lipinski definition) is 2. The van der Waals surface area contributed by atoms with Gasteiger partial charge in [-0.25, -0.2) is 14.3 Å². The quantitative estimate of drug-likeness (QED) is 0.250. The van der Waals surface area contributed by atoms with E-state index in [0.717, 1.165) is 33.2 Å². The van der Waals surface area contributed by atoms with E-state index in [0.29, 0.717) is 22.9 Å². The summed E-state index contributed by atoms with van der Waals surface area (Å²) in [6, 6.07) is 13.8. The predicted molar refractivity (Wildman–Crippen MR) is 147 cm³/mol. The lowest BCUT2D eigenvalue weighted by Gasteiger charge is -2.14. The van der Waals surface area contributed by atoms with E-state index in [2.05, 4.69) is 32.2 Å². The third-order valence-electron chi connectivity index (χ3n) is 6.68. The summed E-state index contributed by atoms with van der Waals surface area (Å²) in [5.74, 6) is 6.60. The maximum absolute atomic E-state index is 13.0. The summed E-state index contributed by atoms with van der Waals surface area (Å²) in [6.45, 7) is 2.25. The number of nitrogens with zero attached hydrogens (tertiary/aromatic N) is 4. The van der Waals surface area contributed by atoms with Gasteiger partial charge in [0.1, 0.15) is 24.1 Å². The molecule has 1 aliphatic heterocycles. The fraction of sp³-hybridized carbons (Fsp3) is 0.172. The smallest absolute Gasteiger partial charge is 0.324 e. The van der Waals surface area contributed by atoms with Crippen LogP contribution in [0.1, 0.15) is 22.4 Å². The van der Waals surface area contributed by atoms with Gasteiger partial charge in [0.2, 0.25) is 0 Å². The van der Waals surface area contributed by atoms with Gasteiger partial charge in [0.05, 0.1) is 23.3 Å². The first-order chi connectivity index (χ1) is 19.0. The second kappa shape index (κ2) is 10.2. The Hall–Kier alpha value is -4.81. The van der Waals surface area contributed by atoms with Gasteiger partial charge in [-0.1, -0.05) is 35.7 Å². The van der Waals surface area contributed by atoms with Gasteiger partial charge in [0.15, 0.2) is 5.65 Å². The monoisotopic (exact) mass is 538 g/mol. The van der Waals surface area contributed by atoms with Gasteiger partial charge in [0.25, 0.3) is 5.91 Å². The molecule has 1 atom stereocenters. The summed E-state index contributed by atoms with van der Waals surface area (Å²) < 4.78 is 7.57. The number of carbonyl (C=O) groups excluding carboxylic acids is 2. The van der Waals surface area contributed by atoms with Crippen LogP contribution in [0.3, 0.4) is 0 Å². The lowest BCUT2D eigenvalue weighted by atomic mass is 10.1. The van der Waals surface area contributed by atoms with Gasteiger partial charge in [0, 0.05) is 29.8 Å². The Labute approximate surface area is 228 Å². The fourth-order valence-corrected chi connectivity index (χ4v) is 4.85. The number of amides is 3. The average molecular weight is 539 g/mol. The summed E-state index contributed by atoms with van der Waals surface area (Å²) in [5.41, 5.74) is 4.93. The van der Waals surface area contributed by atoms with Crippen molar-refractivity contribution < 1.29 is 14.3 Å². The average Bonchev–Trinajstić information content (AvgIpc) is 3.62. The van der Waals surface area contributed by atoms with Crippen molar-refractivity contribution in [3.05, 3.63) is 94.5 Å². The van der Waals surface area contributed by atoms with Crippen LogP contribution in [0.2, 0.25) is 5.02 Å². The number of aromatic amines is 1. The molecule has 1 unspecified atom stereocenters. The number of fused-ring (bicyclic) bond motifs is 2. The SMILES string of the molecule is Cc1ccc(OCCN2C(=O)NC(Cc3c[nH]c4c(Cl)cccc34)C2=O)cc1C#Cc1cnc2cccnn12. The van der Waals surface area contributed by atoms with Crippen molar-refractivity contribution in [2.75, 3.05) is 13.2 Å². The highest BCUT2D eigenvalue weighted by Gasteiger charge is 2.38. The second-order valence-corrected chi connectivity index (χ2v) is 9.59. The van der Waals surface area contributed by atoms with Crippen LogP contribution in [-0.2, 0) is 11.2 Å². The Morgan fingerprint density at radius 1 is 1.13 bits per heavy atom. The number of urea groups is 1. The lowest BCUT2D eigenvalue weighted by molar-refractivity contribution is -0.127. The summed E-state index contributed by atoms with van der Waals surface area (Å²) in [5, 5.41) is 8.61. The zero-order valence-electron chi connectivity index (χ0n) is 20.9. The van der Waals surface area contributed by atoms with E-state index in [9.17, 15) is 9.59 Å². The zero-order chi connectivity index (χ0) is 26.9. The highest BCUT2D eigenvalue weighted by Crippen LogP contribution is 2.27. The summed E-state index contributed by atoms with van der Waals surface area (Å²) in [4.78, 5) is 34.2. The Morgan fingerprint density at radius 3 is 2.92 bits per heavy atom. The van der Waals surface area contributed by atoms with Crippen molar-refractivity contribution in [1.82, 2.24) is 29.8 Å². The van der Waals surface area contributed by atoms with Gasteiger partial charge in [-0.3, -0.25) is 9.69 Å². The number of hydrogen-bond acceptors (Lipinski definition) is 5. The molecule has 4 heterocycles. The van der Waals surface area contributed by atoms with Crippen LogP contribution in [0.15, 0.2) is 67.1 Å². The molecule has 2 N–H and O–H groups in total. The molecule has 1 fully saturated rings. The molecule has 9 nitrogen and oxygen atoms in total. The molecule has 3 aromatic heterocycles. The number of benzene rings is 2. The van der Waals surface area contributed by atoms with Crippen molar-refractivity contribution in [1.29, 1.82) is 0 Å². The normalized spacial score (nSPS) is 15.0. The van der Waals surface area contributed by atoms with E-state index in [1.807, 2.05) is 55.6 Å². The first kappa shape index (κ1) is 24.5. The van der Waals surface area contributed by atoms with Crippen molar-refractivity contribution in [3.8, 4) is 17.6 Å². The highest BCUT2D eigenvalue weighted by molar-refractivity contribution is 6.35. The number of halogens is 1. The minimum atomic E-state index is -0.647. The van der Waals surface area contributed by atoms with Crippen molar-refractivity contribution in [2.24, 2.45) is 0 Å². The van der Waals surface area contributed by atoms with Crippen LogP contribution in [0.25, 0.3) is 16.6 Å². The summed E-state index contributed by atoms with van der Waals surface area (Å²) in [7, 11) is 0. The third kappa shape index (κ3) is 4.78. The minimum absolute atomic E-state index is 0.128. The Balaban J connectivity index is 1.09. The van der Waals surface area contributed by atoms with E-state index in [-0.39, 0.29) is 19.1 Å². The third-order valence-corrected chi connectivity index (χ3v) is 6.99. The number of nitrogens with one attached hydrogen (secondary N) is 2. The Bertz CT molecular complexity index is 1800. The van der Waals surface area contributed by atoms with Gasteiger partial charge in [-0.05, 0) is 54.3 Å². The van der Waals surface area contributed by atoms with E-state index < -0.39 is 12.1 Å². The molecule has 10 heteroatoms. The van der Waals surface area contributed by atoms with Crippen LogP contribution in [0.4, 0.5) is 4.79 Å². The molecule has 1 saturated heterocycles. The summed E-state index contributed by atoms with van der Waals surface area (Å²) >= 11 is 6.25. The molecule has 6 rings (SSSR count). The molecule has 2 aromatic carbocycles. The Morgan fingerprint density at radius 2 is 2.03 bits per heavy atom. The first-order valence-corrected chi connectivity index (χ1v) is 12.8. The topological polar surface area (TPSA) is 105 Å². The first-order valence-electron chi connectivity index (χ1n) is 12.4. The molecule has 0 aliphatic carbocycles. The lowest BCUT2D eigenvalue weighted by Crippen LogP contribution is -2.35. The number of aryl methyl sites for hydroxylation is 1. The number of imide groups is 1. The minimum Gasteiger partial charge on any atom is -0.492 e. The molecule has 5 aromatic rings. The molecule has 39 heavy (non-hydrogen) atoms. The number of imidazole rings is 1. The van der Waals surface area contributed by atoms with Crippen molar-refractivity contribution in [3.63, 3.8) is 0 Å². The number of aromatic nitrogens is 4. The van der Waals surface area contributed by atoms with Crippen LogP contribution in [0.5, 0.6) is 5.75 Å². The zero-order valence-corrected chi connectivity index (χ0v) is 21.7. The van der Waals surface area contributed by atoms with E-state index in [1.165, 1.54) is 4.90 Å². The molecule has 3 amide bonds. The van der Waals surface area contributed by atoms with Crippen LogP contribution < -0.4 is 10.1 Å². The largest absolute Gasteiger partial charge is 0.492 e. The molecular weight excluding hydrogens is 516 g/mol. The van der Waals surface area contributed by atoms with Crippen LogP contribution >= 0.6 is 11.6 Å². The van der Waals surface area contributed by atoms with Crippen LogP contribution in [-0.4, -0.2) is 55.6 Å². The molecule has 0 bridgehead atoms. The van der Waals surface area contributed by atoms with Crippen molar-refractivity contribution in [2.45, 2.75) is 19.4 Å². The maximum atomic E-state index is 13.0. The second-order valence-electron chi connectivity index (χ2n) is 9.18. The molecule has 194 valence electrons. The maximum Gasteiger partial charge on any atom is 0.324 e. The van der Waals surface area contributed by atoms with Crippen LogP contribution in [0, 0.1) is 18.8 Å². The molecule has 0 spiro atoms. The number of para-hydroxylation sites is 1. The van der Waals surface area contributed by atoms with Crippen molar-refractivity contribution >= 4 is 40.1 Å². The van der Waals surface area contributed by atoms with E-state index in [4.69, 9.17) is 16.3 Å². The molecule has 1 aliphatic rings. The molecule has 0 saturated carbocycles. The standard InChI is InChI=1S/C29H23ClN6O3/c1-18-7-10-22(14-19(18)8-9-21-17-31-26-6-3-11-33-36(21)26)39-13-12-35-28(37)25(34-29(35)38)15-20-16-32-27-23(20)4-2-5-24(27)30/h2-7,10-11,14,16-17,25,32H,12-13,15H2,1H3,(H,34,38). The Kier molecular flexibility index (Phi) is 6.39. The number of ether oxygens (including phenoxy) is 1. The number of carbonyl (C=O) groups is 2. The number of H-pyrrole nitrogens is 1. The summed E-state index contributed by atoms with van der Waals surface area (Å²) in [6.07, 6.45) is 5.56. The number of rotatable bonds is 6. The molecule has 0 radical (unpaired) electrons. The van der Waals surface area contributed by atoms with E-state index >= 15 is 0 Å².